The maximum atomic E-state index is 13.7. The van der Waals surface area contributed by atoms with Gasteiger partial charge in [0.05, 0.1) is 16.6 Å². The second-order valence-corrected chi connectivity index (χ2v) is 6.83. The third kappa shape index (κ3) is 2.30. The molecular weight excluding hydrogens is 369 g/mol. The number of carbonyl (C=O) groups excluding carboxylic acids is 1. The summed E-state index contributed by atoms with van der Waals surface area (Å²) < 4.78 is 19.4. The number of hydrogen-bond donors (Lipinski definition) is 0. The molecule has 0 fully saturated rings. The van der Waals surface area contributed by atoms with Crippen LogP contribution in [0.25, 0.3) is 11.0 Å². The van der Waals surface area contributed by atoms with Crippen molar-refractivity contribution in [3.05, 3.63) is 87.2 Å². The molecule has 3 aromatic heterocycles. The molecule has 0 bridgehead atoms. The summed E-state index contributed by atoms with van der Waals surface area (Å²) >= 11 is 1.27. The summed E-state index contributed by atoms with van der Waals surface area (Å²) in [6.07, 6.45) is 3.16. The lowest BCUT2D eigenvalue weighted by molar-refractivity contribution is 0.0970. The molecule has 0 saturated carbocycles. The summed E-state index contributed by atoms with van der Waals surface area (Å²) in [6, 6.07) is 8.10. The molecule has 0 N–H and O–H groups in total. The standard InChI is InChI=1S/C19H10FN3O3S/c20-10-4-5-13-11(9-10)16(24)14-15(12-3-1-2-6-21-12)23(18(25)17(14)26-13)19-22-7-8-27-19/h1-9,15H/t15-/m0/s1. The predicted octanol–water partition coefficient (Wildman–Crippen LogP) is 3.53. The molecule has 1 aliphatic heterocycles. The van der Waals surface area contributed by atoms with Crippen molar-refractivity contribution < 1.29 is 13.6 Å². The summed E-state index contributed by atoms with van der Waals surface area (Å²) in [5.74, 6) is -1.09. The first-order chi connectivity index (χ1) is 13.1. The molecule has 1 amide bonds. The molecular formula is C19H10FN3O3S. The Kier molecular flexibility index (Phi) is 3.41. The molecule has 1 atom stereocenters. The summed E-state index contributed by atoms with van der Waals surface area (Å²) in [5, 5.41) is 2.25. The van der Waals surface area contributed by atoms with Gasteiger partial charge in [-0.05, 0) is 30.3 Å². The minimum absolute atomic E-state index is 0.0649. The summed E-state index contributed by atoms with van der Waals surface area (Å²) in [7, 11) is 0. The zero-order valence-corrected chi connectivity index (χ0v) is 14.4. The quantitative estimate of drug-likeness (QED) is 0.533. The lowest BCUT2D eigenvalue weighted by Gasteiger charge is -2.21. The number of aromatic nitrogens is 2. The largest absolute Gasteiger partial charge is 0.450 e. The Labute approximate surface area is 155 Å². The Morgan fingerprint density at radius 2 is 2.00 bits per heavy atom. The van der Waals surface area contributed by atoms with Crippen LogP contribution >= 0.6 is 11.3 Å². The van der Waals surface area contributed by atoms with Crippen molar-refractivity contribution >= 4 is 33.3 Å². The highest BCUT2D eigenvalue weighted by atomic mass is 32.1. The van der Waals surface area contributed by atoms with E-state index in [9.17, 15) is 14.0 Å². The minimum atomic E-state index is -0.788. The van der Waals surface area contributed by atoms with Gasteiger partial charge in [-0.3, -0.25) is 19.5 Å². The average molecular weight is 379 g/mol. The van der Waals surface area contributed by atoms with Crippen LogP contribution in [0, 0.1) is 5.82 Å². The molecule has 1 aromatic carbocycles. The van der Waals surface area contributed by atoms with Crippen LogP contribution in [0.2, 0.25) is 0 Å². The van der Waals surface area contributed by atoms with Crippen LogP contribution in [0.1, 0.15) is 27.9 Å². The van der Waals surface area contributed by atoms with Crippen LogP contribution in [0.5, 0.6) is 0 Å². The maximum absolute atomic E-state index is 13.7. The molecule has 8 heteroatoms. The van der Waals surface area contributed by atoms with Crippen molar-refractivity contribution in [3.8, 4) is 0 Å². The summed E-state index contributed by atoms with van der Waals surface area (Å²) in [5.41, 5.74) is 0.359. The lowest BCUT2D eigenvalue weighted by atomic mass is 10.0. The Morgan fingerprint density at radius 3 is 2.74 bits per heavy atom. The van der Waals surface area contributed by atoms with Gasteiger partial charge < -0.3 is 4.42 Å². The summed E-state index contributed by atoms with van der Waals surface area (Å²) in [6.45, 7) is 0. The number of anilines is 1. The van der Waals surface area contributed by atoms with Crippen molar-refractivity contribution in [1.29, 1.82) is 0 Å². The van der Waals surface area contributed by atoms with Crippen LogP contribution in [-0.2, 0) is 0 Å². The number of hydrogen-bond acceptors (Lipinski definition) is 6. The van der Waals surface area contributed by atoms with Gasteiger partial charge in [-0.25, -0.2) is 9.37 Å². The van der Waals surface area contributed by atoms with Crippen LogP contribution in [0.3, 0.4) is 0 Å². The first-order valence-electron chi connectivity index (χ1n) is 8.05. The molecule has 0 spiro atoms. The maximum Gasteiger partial charge on any atom is 0.297 e. The van der Waals surface area contributed by atoms with E-state index < -0.39 is 23.2 Å². The summed E-state index contributed by atoms with van der Waals surface area (Å²) in [4.78, 5) is 36.2. The van der Waals surface area contributed by atoms with Gasteiger partial charge in [0.25, 0.3) is 5.91 Å². The van der Waals surface area contributed by atoms with Crippen molar-refractivity contribution in [1.82, 2.24) is 9.97 Å². The van der Waals surface area contributed by atoms with Gasteiger partial charge in [0.2, 0.25) is 5.76 Å². The fourth-order valence-electron chi connectivity index (χ4n) is 3.29. The smallest absolute Gasteiger partial charge is 0.297 e. The van der Waals surface area contributed by atoms with E-state index in [1.54, 1.807) is 36.0 Å². The second kappa shape index (κ2) is 5.82. The van der Waals surface area contributed by atoms with E-state index in [-0.39, 0.29) is 22.3 Å². The zero-order valence-electron chi connectivity index (χ0n) is 13.6. The highest BCUT2D eigenvalue weighted by Gasteiger charge is 2.45. The van der Waals surface area contributed by atoms with Gasteiger partial charge in [-0.2, -0.15) is 0 Å². The first-order valence-corrected chi connectivity index (χ1v) is 8.93. The van der Waals surface area contributed by atoms with Crippen molar-refractivity contribution in [2.75, 3.05) is 4.90 Å². The van der Waals surface area contributed by atoms with Gasteiger partial charge in [0.1, 0.15) is 17.4 Å². The highest BCUT2D eigenvalue weighted by Crippen LogP contribution is 2.41. The lowest BCUT2D eigenvalue weighted by Crippen LogP contribution is -2.29. The number of pyridine rings is 1. The van der Waals surface area contributed by atoms with Crippen LogP contribution < -0.4 is 10.3 Å². The monoisotopic (exact) mass is 379 g/mol. The molecule has 0 saturated heterocycles. The number of fused-ring (bicyclic) bond motifs is 2. The van der Waals surface area contributed by atoms with E-state index in [1.807, 2.05) is 0 Å². The molecule has 4 aromatic rings. The fourth-order valence-corrected chi connectivity index (χ4v) is 3.96. The Bertz CT molecular complexity index is 1240. The number of halogens is 1. The van der Waals surface area contributed by atoms with Crippen molar-refractivity contribution in [2.24, 2.45) is 0 Å². The Balaban J connectivity index is 1.85. The minimum Gasteiger partial charge on any atom is -0.450 e. The van der Waals surface area contributed by atoms with Crippen molar-refractivity contribution in [3.63, 3.8) is 0 Å². The Hall–Kier alpha value is -3.39. The molecule has 1 aliphatic rings. The third-order valence-corrected chi connectivity index (χ3v) is 5.20. The molecule has 0 radical (unpaired) electrons. The molecule has 4 heterocycles. The molecule has 0 aliphatic carbocycles. The number of nitrogens with zero attached hydrogens (tertiary/aromatic N) is 3. The van der Waals surface area contributed by atoms with Gasteiger partial charge in [0, 0.05) is 17.8 Å². The molecule has 27 heavy (non-hydrogen) atoms. The number of thiazole rings is 1. The second-order valence-electron chi connectivity index (χ2n) is 5.96. The van der Waals surface area contributed by atoms with Gasteiger partial charge >= 0.3 is 0 Å². The SMILES string of the molecule is O=C1c2oc3ccc(F)cc3c(=O)c2[C@H](c2ccccn2)N1c1nccs1. The highest BCUT2D eigenvalue weighted by molar-refractivity contribution is 7.13. The van der Waals surface area contributed by atoms with E-state index in [0.717, 1.165) is 6.07 Å². The molecule has 5 rings (SSSR count). The van der Waals surface area contributed by atoms with E-state index in [4.69, 9.17) is 4.42 Å². The molecule has 132 valence electrons. The van der Waals surface area contributed by atoms with E-state index >= 15 is 0 Å². The third-order valence-electron chi connectivity index (χ3n) is 4.43. The van der Waals surface area contributed by atoms with Crippen LogP contribution in [-0.4, -0.2) is 15.9 Å². The van der Waals surface area contributed by atoms with E-state index in [2.05, 4.69) is 9.97 Å². The molecule has 6 nitrogen and oxygen atoms in total. The topological polar surface area (TPSA) is 76.3 Å². The van der Waals surface area contributed by atoms with Gasteiger partial charge in [-0.15, -0.1) is 11.3 Å². The number of rotatable bonds is 2. The zero-order chi connectivity index (χ0) is 18.5. The number of benzene rings is 1. The van der Waals surface area contributed by atoms with E-state index in [0.29, 0.717) is 10.8 Å². The number of carbonyl (C=O) groups is 1. The van der Waals surface area contributed by atoms with Gasteiger partial charge in [-0.1, -0.05) is 6.07 Å². The normalized spacial score (nSPS) is 16.1. The predicted molar refractivity (Wildman–Crippen MR) is 97.4 cm³/mol. The van der Waals surface area contributed by atoms with Crippen LogP contribution in [0.15, 0.2) is 63.4 Å². The number of amides is 1. The Morgan fingerprint density at radius 1 is 1.11 bits per heavy atom. The van der Waals surface area contributed by atoms with Crippen LogP contribution in [0.4, 0.5) is 9.52 Å². The first kappa shape index (κ1) is 15.8. The van der Waals surface area contributed by atoms with Crippen molar-refractivity contribution in [2.45, 2.75) is 6.04 Å². The fraction of sp³-hybridized carbons (Fsp3) is 0.0526. The van der Waals surface area contributed by atoms with Gasteiger partial charge in [0.15, 0.2) is 10.6 Å². The molecule has 0 unspecified atom stereocenters. The van der Waals surface area contributed by atoms with E-state index in [1.165, 1.54) is 28.4 Å². The average Bonchev–Trinajstić information content (AvgIpc) is 3.30.